The van der Waals surface area contributed by atoms with Crippen LogP contribution in [-0.4, -0.2) is 21.9 Å². The quantitative estimate of drug-likeness (QED) is 0.634. The predicted octanol–water partition coefficient (Wildman–Crippen LogP) is 2.11. The van der Waals surface area contributed by atoms with Gasteiger partial charge in [0.1, 0.15) is 0 Å². The minimum absolute atomic E-state index is 0.794. The molecule has 0 aliphatic rings. The van der Waals surface area contributed by atoms with Crippen molar-refractivity contribution in [3.05, 3.63) is 35.4 Å². The van der Waals surface area contributed by atoms with Crippen LogP contribution in [0.3, 0.4) is 0 Å². The molecule has 0 aliphatic heterocycles. The van der Waals surface area contributed by atoms with Gasteiger partial charge in [0.05, 0.1) is 0 Å². The van der Waals surface area contributed by atoms with E-state index in [0.29, 0.717) is 0 Å². The zero-order valence-electron chi connectivity index (χ0n) is 4.72. The third kappa shape index (κ3) is 5.08. The van der Waals surface area contributed by atoms with Gasteiger partial charge in [-0.25, -0.2) is 0 Å². The van der Waals surface area contributed by atoms with Crippen LogP contribution >= 0.6 is 20.4 Å². The maximum absolute atomic E-state index is 5.54. The molecule has 0 saturated heterocycles. The molecule has 0 spiro atoms. The Morgan fingerprint density at radius 3 is 1.67 bits per heavy atom. The Hall–Kier alpha value is 0.618. The standard InChI is InChI=1S/C6H5Cl.ClH.Sb.2H/c7-6-4-2-1-3-5-6;;;;/h1-5H;1H;;;/q;;+1;;/p-1. The van der Waals surface area contributed by atoms with Crippen molar-refractivity contribution in [1.82, 2.24) is 0 Å². The number of rotatable bonds is 0. The fourth-order valence-corrected chi connectivity index (χ4v) is 0.560. The fraction of sp³-hybridized carbons (Fsp3) is 0. The second-order valence-corrected chi connectivity index (χ2v) is 1.73. The van der Waals surface area contributed by atoms with E-state index in [1.54, 1.807) is 0 Å². The maximum atomic E-state index is 5.54. The van der Waals surface area contributed by atoms with Crippen LogP contribution in [0.2, 0.25) is 5.02 Å². The van der Waals surface area contributed by atoms with E-state index in [1.807, 2.05) is 30.3 Å². The first kappa shape index (κ1) is 9.62. The van der Waals surface area contributed by atoms with Gasteiger partial charge in [0.2, 0.25) is 0 Å². The summed E-state index contributed by atoms with van der Waals surface area (Å²) in [4.78, 5) is 0. The van der Waals surface area contributed by atoms with Crippen LogP contribution in [0.4, 0.5) is 0 Å². The molecule has 0 bridgehead atoms. The third-order valence-corrected chi connectivity index (χ3v) is 0.985. The predicted molar refractivity (Wildman–Crippen MR) is 45.8 cm³/mol. The van der Waals surface area contributed by atoms with Gasteiger partial charge in [-0.05, 0) is 12.1 Å². The topological polar surface area (TPSA) is 0 Å². The molecule has 50 valence electrons. The molecule has 3 heteroatoms. The molecule has 0 atom stereocenters. The molecule has 9 heavy (non-hydrogen) atoms. The van der Waals surface area contributed by atoms with E-state index >= 15 is 0 Å². The molecule has 0 nitrogen and oxygen atoms in total. The zero-order chi connectivity index (χ0) is 7.11. The molecule has 1 aromatic rings. The van der Waals surface area contributed by atoms with Crippen molar-refractivity contribution in [3.8, 4) is 0 Å². The minimum atomic E-state index is 0.794. The average Bonchev–Trinajstić information content (AvgIpc) is 1.94. The zero-order valence-corrected chi connectivity index (χ0v) is 9.53. The van der Waals surface area contributed by atoms with Gasteiger partial charge >= 0.3 is 30.7 Å². The van der Waals surface area contributed by atoms with E-state index in [9.17, 15) is 0 Å². The molecule has 1 aromatic carbocycles. The van der Waals surface area contributed by atoms with E-state index in [4.69, 9.17) is 20.4 Å². The molecule has 0 unspecified atom stereocenters. The summed E-state index contributed by atoms with van der Waals surface area (Å²) in [5.74, 6) is 0. The van der Waals surface area contributed by atoms with Crippen LogP contribution < -0.4 is 0 Å². The number of hydrogen-bond donors (Lipinski definition) is 0. The van der Waals surface area contributed by atoms with E-state index in [2.05, 4.69) is 0 Å². The van der Waals surface area contributed by atoms with Gasteiger partial charge in [0.25, 0.3) is 0 Å². The van der Waals surface area contributed by atoms with Crippen LogP contribution in [0.1, 0.15) is 0 Å². The summed E-state index contributed by atoms with van der Waals surface area (Å²) in [7, 11) is 4.77. The van der Waals surface area contributed by atoms with Crippen LogP contribution in [0.15, 0.2) is 30.3 Å². The Balaban J connectivity index is 0.000000291. The molecule has 0 aromatic heterocycles. The Morgan fingerprint density at radius 1 is 1.00 bits per heavy atom. The van der Waals surface area contributed by atoms with Crippen molar-refractivity contribution in [2.24, 2.45) is 0 Å². The molecule has 0 radical (unpaired) electrons. The molecular weight excluding hydrogens is 265 g/mol. The van der Waals surface area contributed by atoms with Gasteiger partial charge in [-0.1, -0.05) is 29.8 Å². The van der Waals surface area contributed by atoms with Gasteiger partial charge in [0.15, 0.2) is 0 Å². The van der Waals surface area contributed by atoms with Gasteiger partial charge in [-0.2, -0.15) is 0 Å². The monoisotopic (exact) mass is 270 g/mol. The second-order valence-electron chi connectivity index (χ2n) is 1.30. The SMILES string of the molecule is Clc1ccccc1.[Cl][SbH2]. The van der Waals surface area contributed by atoms with E-state index in [-0.39, 0.29) is 0 Å². The van der Waals surface area contributed by atoms with Gasteiger partial charge in [-0.15, -0.1) is 0 Å². The number of halogens is 2. The molecule has 1 rings (SSSR count). The molecule has 0 amide bonds. The molecule has 0 fully saturated rings. The first-order chi connectivity index (χ1) is 4.39. The Labute approximate surface area is 77.3 Å². The van der Waals surface area contributed by atoms with Crippen LogP contribution in [0, 0.1) is 0 Å². The molecule has 0 saturated carbocycles. The second kappa shape index (κ2) is 6.73. The third-order valence-electron chi connectivity index (χ3n) is 0.733. The van der Waals surface area contributed by atoms with Crippen LogP contribution in [0.5, 0.6) is 0 Å². The van der Waals surface area contributed by atoms with Gasteiger partial charge < -0.3 is 0 Å². The van der Waals surface area contributed by atoms with Crippen molar-refractivity contribution in [1.29, 1.82) is 0 Å². The van der Waals surface area contributed by atoms with E-state index in [0.717, 1.165) is 26.9 Å². The summed E-state index contributed by atoms with van der Waals surface area (Å²) in [5, 5.41) is 0.794. The van der Waals surface area contributed by atoms with E-state index in [1.165, 1.54) is 0 Å². The Morgan fingerprint density at radius 2 is 1.44 bits per heavy atom. The summed E-state index contributed by atoms with van der Waals surface area (Å²) in [5.41, 5.74) is 0. The normalized spacial score (nSPS) is 7.44. The van der Waals surface area contributed by atoms with Crippen LogP contribution in [-0.2, 0) is 0 Å². The molecular formula is C6H7Cl2Sb. The van der Waals surface area contributed by atoms with Crippen LogP contribution in [0.25, 0.3) is 0 Å². The fourth-order valence-electron chi connectivity index (χ4n) is 0.415. The van der Waals surface area contributed by atoms with Crippen molar-refractivity contribution < 1.29 is 0 Å². The van der Waals surface area contributed by atoms with E-state index < -0.39 is 0 Å². The molecule has 0 aliphatic carbocycles. The number of hydrogen-bond acceptors (Lipinski definition) is 0. The first-order valence-electron chi connectivity index (χ1n) is 2.32. The number of benzene rings is 1. The molecule has 0 N–H and O–H groups in total. The van der Waals surface area contributed by atoms with Gasteiger partial charge in [0, 0.05) is 5.02 Å². The molecule has 0 heterocycles. The van der Waals surface area contributed by atoms with Crippen molar-refractivity contribution >= 4 is 42.3 Å². The summed E-state index contributed by atoms with van der Waals surface area (Å²) < 4.78 is 0. The summed E-state index contributed by atoms with van der Waals surface area (Å²) in [6.45, 7) is 0. The van der Waals surface area contributed by atoms with Crippen molar-refractivity contribution in [2.75, 3.05) is 0 Å². The van der Waals surface area contributed by atoms with Crippen molar-refractivity contribution in [2.45, 2.75) is 0 Å². The summed E-state index contributed by atoms with van der Waals surface area (Å²) in [6.07, 6.45) is 0. The van der Waals surface area contributed by atoms with Gasteiger partial charge in [-0.3, -0.25) is 0 Å². The van der Waals surface area contributed by atoms with Crippen molar-refractivity contribution in [3.63, 3.8) is 0 Å². The Kier molecular flexibility index (Phi) is 7.20. The Bertz CT molecular complexity index is 141. The summed E-state index contributed by atoms with van der Waals surface area (Å²) >= 11 is 6.36. The average molecular weight is 272 g/mol. The first-order valence-corrected chi connectivity index (χ1v) is 6.87. The summed E-state index contributed by atoms with van der Waals surface area (Å²) in [6, 6.07) is 9.44.